The van der Waals surface area contributed by atoms with Crippen LogP contribution in [0.2, 0.25) is 0 Å². The fourth-order valence-electron chi connectivity index (χ4n) is 2.51. The highest BCUT2D eigenvalue weighted by Crippen LogP contribution is 2.27. The molecule has 0 amide bonds. The SMILES string of the molecule is Cc1c(NCCC2=CCCC2)cc(N)cc1S(N)(=O)=O. The van der Waals surface area contributed by atoms with Gasteiger partial charge >= 0.3 is 0 Å². The van der Waals surface area contributed by atoms with Crippen LogP contribution >= 0.6 is 0 Å². The average molecular weight is 295 g/mol. The first kappa shape index (κ1) is 14.9. The van der Waals surface area contributed by atoms with Gasteiger partial charge in [-0.3, -0.25) is 0 Å². The Balaban J connectivity index is 2.13. The van der Waals surface area contributed by atoms with Gasteiger partial charge in [-0.1, -0.05) is 11.6 Å². The monoisotopic (exact) mass is 295 g/mol. The van der Waals surface area contributed by atoms with Crippen molar-refractivity contribution in [3.05, 3.63) is 29.3 Å². The quantitative estimate of drug-likeness (QED) is 0.572. The van der Waals surface area contributed by atoms with Gasteiger partial charge in [-0.2, -0.15) is 0 Å². The third kappa shape index (κ3) is 3.52. The minimum Gasteiger partial charge on any atom is -0.399 e. The lowest BCUT2D eigenvalue weighted by Gasteiger charge is -2.14. The van der Waals surface area contributed by atoms with E-state index in [-0.39, 0.29) is 4.90 Å². The van der Waals surface area contributed by atoms with Crippen LogP contribution in [0.3, 0.4) is 0 Å². The summed E-state index contributed by atoms with van der Waals surface area (Å²) in [6.07, 6.45) is 6.83. The van der Waals surface area contributed by atoms with Gasteiger partial charge in [0, 0.05) is 17.9 Å². The van der Waals surface area contributed by atoms with E-state index in [0.717, 1.165) is 18.7 Å². The molecule has 0 bridgehead atoms. The second kappa shape index (κ2) is 5.85. The topological polar surface area (TPSA) is 98.2 Å². The van der Waals surface area contributed by atoms with Gasteiger partial charge in [-0.05, 0) is 50.3 Å². The van der Waals surface area contributed by atoms with Crippen molar-refractivity contribution in [1.82, 2.24) is 0 Å². The zero-order valence-electron chi connectivity index (χ0n) is 11.6. The lowest BCUT2D eigenvalue weighted by Crippen LogP contribution is -2.15. The van der Waals surface area contributed by atoms with Crippen LogP contribution in [-0.2, 0) is 10.0 Å². The highest BCUT2D eigenvalue weighted by Gasteiger charge is 2.15. The van der Waals surface area contributed by atoms with Crippen LogP contribution in [0, 0.1) is 6.92 Å². The number of primary sulfonamides is 1. The van der Waals surface area contributed by atoms with E-state index in [0.29, 0.717) is 11.3 Å². The van der Waals surface area contributed by atoms with Crippen molar-refractivity contribution in [2.45, 2.75) is 37.5 Å². The number of anilines is 2. The zero-order chi connectivity index (χ0) is 14.8. The van der Waals surface area contributed by atoms with Gasteiger partial charge in [0.2, 0.25) is 10.0 Å². The maximum Gasteiger partial charge on any atom is 0.238 e. The van der Waals surface area contributed by atoms with Gasteiger partial charge in [0.1, 0.15) is 0 Å². The van der Waals surface area contributed by atoms with Crippen LogP contribution in [0.5, 0.6) is 0 Å². The molecule has 0 radical (unpaired) electrons. The Bertz CT molecular complexity index is 636. The molecule has 6 heteroatoms. The third-order valence-electron chi connectivity index (χ3n) is 3.59. The van der Waals surface area contributed by atoms with Crippen molar-refractivity contribution in [3.8, 4) is 0 Å². The number of nitrogens with two attached hydrogens (primary N) is 2. The average Bonchev–Trinajstić information content (AvgIpc) is 2.84. The molecule has 0 aromatic heterocycles. The Morgan fingerprint density at radius 3 is 2.70 bits per heavy atom. The molecule has 2 rings (SSSR count). The number of hydrogen-bond acceptors (Lipinski definition) is 4. The molecule has 0 aliphatic heterocycles. The molecule has 0 spiro atoms. The predicted octanol–water partition coefficient (Wildman–Crippen LogP) is 2.14. The van der Waals surface area contributed by atoms with Crippen molar-refractivity contribution >= 4 is 21.4 Å². The van der Waals surface area contributed by atoms with Gasteiger partial charge in [0.15, 0.2) is 0 Å². The minimum atomic E-state index is -3.75. The van der Waals surface area contributed by atoms with Crippen molar-refractivity contribution in [1.29, 1.82) is 0 Å². The molecule has 0 saturated carbocycles. The standard InChI is InChI=1S/C14H21N3O2S/c1-10-13(17-7-6-11-4-2-3-5-11)8-12(15)9-14(10)20(16,18)19/h4,8-9,17H,2-3,5-7,15H2,1H3,(H2,16,18,19). The summed E-state index contributed by atoms with van der Waals surface area (Å²) in [7, 11) is -3.75. The number of hydrogen-bond donors (Lipinski definition) is 3. The van der Waals surface area contributed by atoms with E-state index in [4.69, 9.17) is 10.9 Å². The van der Waals surface area contributed by atoms with Crippen LogP contribution < -0.4 is 16.2 Å². The van der Waals surface area contributed by atoms with Crippen LogP contribution in [0.25, 0.3) is 0 Å². The first-order valence-corrected chi connectivity index (χ1v) is 8.27. The van der Waals surface area contributed by atoms with E-state index in [1.54, 1.807) is 13.0 Å². The minimum absolute atomic E-state index is 0.0834. The first-order chi connectivity index (χ1) is 9.38. The molecule has 1 aliphatic carbocycles. The summed E-state index contributed by atoms with van der Waals surface area (Å²) >= 11 is 0. The number of nitrogen functional groups attached to an aromatic ring is 1. The van der Waals surface area contributed by atoms with E-state index < -0.39 is 10.0 Å². The molecule has 1 aliphatic rings. The first-order valence-electron chi connectivity index (χ1n) is 6.72. The Morgan fingerprint density at radius 1 is 1.35 bits per heavy atom. The summed E-state index contributed by atoms with van der Waals surface area (Å²) in [6, 6.07) is 3.14. The van der Waals surface area contributed by atoms with Crippen LogP contribution in [-0.4, -0.2) is 15.0 Å². The van der Waals surface area contributed by atoms with Crippen LogP contribution in [0.15, 0.2) is 28.7 Å². The summed E-state index contributed by atoms with van der Waals surface area (Å²) in [5.41, 5.74) is 8.94. The fourth-order valence-corrected chi connectivity index (χ4v) is 3.35. The Hall–Kier alpha value is -1.53. The summed E-state index contributed by atoms with van der Waals surface area (Å²) in [5, 5.41) is 8.46. The highest BCUT2D eigenvalue weighted by molar-refractivity contribution is 7.89. The molecule has 1 aromatic rings. The van der Waals surface area contributed by atoms with E-state index in [2.05, 4.69) is 11.4 Å². The number of nitrogens with one attached hydrogen (secondary N) is 1. The van der Waals surface area contributed by atoms with Crippen molar-refractivity contribution in [2.24, 2.45) is 5.14 Å². The van der Waals surface area contributed by atoms with E-state index >= 15 is 0 Å². The van der Waals surface area contributed by atoms with Crippen LogP contribution in [0.1, 0.15) is 31.2 Å². The summed E-state index contributed by atoms with van der Waals surface area (Å²) in [4.78, 5) is 0.0834. The number of allylic oxidation sites excluding steroid dienone is 1. The lowest BCUT2D eigenvalue weighted by molar-refractivity contribution is 0.597. The summed E-state index contributed by atoms with van der Waals surface area (Å²) in [5.74, 6) is 0. The molecule has 0 heterocycles. The zero-order valence-corrected chi connectivity index (χ0v) is 12.5. The number of benzene rings is 1. The Morgan fingerprint density at radius 2 is 2.10 bits per heavy atom. The summed E-state index contributed by atoms with van der Waals surface area (Å²) < 4.78 is 23.1. The largest absolute Gasteiger partial charge is 0.399 e. The Labute approximate surface area is 120 Å². The second-order valence-electron chi connectivity index (χ2n) is 5.17. The Kier molecular flexibility index (Phi) is 4.35. The predicted molar refractivity (Wildman–Crippen MR) is 82.0 cm³/mol. The molecule has 0 unspecified atom stereocenters. The van der Waals surface area contributed by atoms with Gasteiger partial charge in [-0.15, -0.1) is 0 Å². The molecule has 0 atom stereocenters. The van der Waals surface area contributed by atoms with Crippen molar-refractivity contribution < 1.29 is 8.42 Å². The summed E-state index contributed by atoms with van der Waals surface area (Å²) in [6.45, 7) is 2.50. The normalized spacial score (nSPS) is 15.2. The molecule has 0 fully saturated rings. The molecule has 20 heavy (non-hydrogen) atoms. The molecule has 1 aromatic carbocycles. The van der Waals surface area contributed by atoms with Crippen molar-refractivity contribution in [2.75, 3.05) is 17.6 Å². The van der Waals surface area contributed by atoms with Gasteiger partial charge in [0.25, 0.3) is 0 Å². The smallest absolute Gasteiger partial charge is 0.238 e. The molecule has 5 N–H and O–H groups in total. The molecular formula is C14H21N3O2S. The van der Waals surface area contributed by atoms with Crippen LogP contribution in [0.4, 0.5) is 11.4 Å². The molecule has 110 valence electrons. The fraction of sp³-hybridized carbons (Fsp3) is 0.429. The van der Waals surface area contributed by atoms with E-state index in [9.17, 15) is 8.42 Å². The molecule has 0 saturated heterocycles. The van der Waals surface area contributed by atoms with E-state index in [1.807, 2.05) is 0 Å². The molecular weight excluding hydrogens is 274 g/mol. The molecule has 5 nitrogen and oxygen atoms in total. The number of sulfonamides is 1. The third-order valence-corrected chi connectivity index (χ3v) is 4.62. The van der Waals surface area contributed by atoms with E-state index in [1.165, 1.54) is 30.9 Å². The second-order valence-corrected chi connectivity index (χ2v) is 6.70. The maximum atomic E-state index is 11.5. The van der Waals surface area contributed by atoms with Gasteiger partial charge in [-0.25, -0.2) is 13.6 Å². The number of rotatable bonds is 5. The van der Waals surface area contributed by atoms with Gasteiger partial charge in [0.05, 0.1) is 4.90 Å². The van der Waals surface area contributed by atoms with Gasteiger partial charge < -0.3 is 11.1 Å². The highest BCUT2D eigenvalue weighted by atomic mass is 32.2. The maximum absolute atomic E-state index is 11.5. The van der Waals surface area contributed by atoms with Crippen molar-refractivity contribution in [3.63, 3.8) is 0 Å². The lowest BCUT2D eigenvalue weighted by atomic mass is 10.1.